The van der Waals surface area contributed by atoms with Crippen molar-refractivity contribution in [3.8, 4) is 0 Å². The van der Waals surface area contributed by atoms with Gasteiger partial charge in [-0.2, -0.15) is 0 Å². The van der Waals surface area contributed by atoms with E-state index in [1.54, 1.807) is 13.4 Å². The van der Waals surface area contributed by atoms with Gasteiger partial charge in [0.15, 0.2) is 0 Å². The van der Waals surface area contributed by atoms with Crippen molar-refractivity contribution in [2.45, 2.75) is 25.9 Å². The van der Waals surface area contributed by atoms with Crippen molar-refractivity contribution >= 4 is 0 Å². The van der Waals surface area contributed by atoms with Gasteiger partial charge in [-0.3, -0.25) is 0 Å². The van der Waals surface area contributed by atoms with E-state index in [9.17, 15) is 0 Å². The van der Waals surface area contributed by atoms with Crippen molar-refractivity contribution in [2.75, 3.05) is 13.7 Å². The Hall–Kier alpha value is -0.800. The van der Waals surface area contributed by atoms with E-state index in [1.807, 2.05) is 12.1 Å². The predicted octanol–water partition coefficient (Wildman–Crippen LogP) is 1.79. The quantitative estimate of drug-likeness (QED) is 0.755. The van der Waals surface area contributed by atoms with E-state index in [-0.39, 0.29) is 5.54 Å². The molecule has 1 rings (SSSR count). The van der Waals surface area contributed by atoms with Gasteiger partial charge in [-0.05, 0) is 26.0 Å². The minimum Gasteiger partial charge on any atom is -0.468 e. The molecule has 0 radical (unpaired) electrons. The molecule has 13 heavy (non-hydrogen) atoms. The minimum atomic E-state index is -0.0124. The van der Waals surface area contributed by atoms with E-state index < -0.39 is 0 Å². The van der Waals surface area contributed by atoms with Crippen LogP contribution in [0, 0.1) is 0 Å². The van der Waals surface area contributed by atoms with Gasteiger partial charge in [0.1, 0.15) is 5.76 Å². The number of ether oxygens (including phenoxy) is 1. The van der Waals surface area contributed by atoms with Crippen LogP contribution in [0.2, 0.25) is 0 Å². The maximum Gasteiger partial charge on any atom is 0.117 e. The van der Waals surface area contributed by atoms with Crippen LogP contribution in [-0.2, 0) is 11.3 Å². The summed E-state index contributed by atoms with van der Waals surface area (Å²) in [5.41, 5.74) is -0.0124. The fourth-order valence-corrected chi connectivity index (χ4v) is 1.15. The average molecular weight is 183 g/mol. The minimum absolute atomic E-state index is 0.0124. The van der Waals surface area contributed by atoms with E-state index >= 15 is 0 Å². The van der Waals surface area contributed by atoms with Crippen LogP contribution in [0.1, 0.15) is 19.6 Å². The van der Waals surface area contributed by atoms with Gasteiger partial charge in [0.2, 0.25) is 0 Å². The summed E-state index contributed by atoms with van der Waals surface area (Å²) < 4.78 is 10.3. The van der Waals surface area contributed by atoms with E-state index in [2.05, 4.69) is 19.2 Å². The van der Waals surface area contributed by atoms with E-state index in [0.29, 0.717) is 6.61 Å². The molecule has 1 aromatic heterocycles. The summed E-state index contributed by atoms with van der Waals surface area (Å²) >= 11 is 0. The fraction of sp³-hybridized carbons (Fsp3) is 0.600. The van der Waals surface area contributed by atoms with Gasteiger partial charge in [-0.25, -0.2) is 0 Å². The first-order valence-corrected chi connectivity index (χ1v) is 4.40. The molecule has 0 aliphatic heterocycles. The highest BCUT2D eigenvalue weighted by Gasteiger charge is 2.16. The summed E-state index contributed by atoms with van der Waals surface area (Å²) in [7, 11) is 1.70. The van der Waals surface area contributed by atoms with Crippen LogP contribution in [-0.4, -0.2) is 19.3 Å². The van der Waals surface area contributed by atoms with Crippen molar-refractivity contribution in [1.29, 1.82) is 0 Å². The zero-order valence-electron chi connectivity index (χ0n) is 8.46. The number of hydrogen-bond acceptors (Lipinski definition) is 3. The lowest BCUT2D eigenvalue weighted by Gasteiger charge is -2.24. The molecule has 0 bridgehead atoms. The first-order chi connectivity index (χ1) is 6.14. The Morgan fingerprint density at radius 1 is 1.54 bits per heavy atom. The maximum absolute atomic E-state index is 5.20. The van der Waals surface area contributed by atoms with Gasteiger partial charge in [0, 0.05) is 12.6 Å². The Morgan fingerprint density at radius 2 is 2.31 bits per heavy atom. The average Bonchev–Trinajstić information content (AvgIpc) is 2.52. The van der Waals surface area contributed by atoms with Gasteiger partial charge in [0.05, 0.1) is 19.4 Å². The van der Waals surface area contributed by atoms with Gasteiger partial charge in [-0.1, -0.05) is 0 Å². The highest BCUT2D eigenvalue weighted by atomic mass is 16.5. The number of methoxy groups -OCH3 is 1. The number of hydrogen-bond donors (Lipinski definition) is 1. The largest absolute Gasteiger partial charge is 0.468 e. The summed E-state index contributed by atoms with van der Waals surface area (Å²) in [6.45, 7) is 5.62. The summed E-state index contributed by atoms with van der Waals surface area (Å²) in [6.07, 6.45) is 1.68. The van der Waals surface area contributed by atoms with Crippen LogP contribution >= 0.6 is 0 Å². The number of nitrogens with one attached hydrogen (secondary N) is 1. The molecule has 1 heterocycles. The smallest absolute Gasteiger partial charge is 0.117 e. The summed E-state index contributed by atoms with van der Waals surface area (Å²) in [5, 5.41) is 3.34. The molecule has 74 valence electrons. The lowest BCUT2D eigenvalue weighted by molar-refractivity contribution is 0.126. The third kappa shape index (κ3) is 3.61. The standard InChI is InChI=1S/C10H17NO2/c1-10(2,8-12-3)11-7-9-5-4-6-13-9/h4-6,11H,7-8H2,1-3H3. The third-order valence-corrected chi connectivity index (χ3v) is 1.83. The second-order valence-electron chi connectivity index (χ2n) is 3.75. The van der Waals surface area contributed by atoms with Crippen LogP contribution < -0.4 is 5.32 Å². The molecule has 1 aromatic rings. The van der Waals surface area contributed by atoms with Gasteiger partial charge >= 0.3 is 0 Å². The van der Waals surface area contributed by atoms with Crippen molar-refractivity contribution in [1.82, 2.24) is 5.32 Å². The van der Waals surface area contributed by atoms with Crippen LogP contribution in [0.3, 0.4) is 0 Å². The zero-order valence-corrected chi connectivity index (χ0v) is 8.46. The summed E-state index contributed by atoms with van der Waals surface area (Å²) in [6, 6.07) is 3.84. The summed E-state index contributed by atoms with van der Waals surface area (Å²) in [4.78, 5) is 0. The first kappa shape index (κ1) is 10.3. The molecule has 0 spiro atoms. The lowest BCUT2D eigenvalue weighted by atomic mass is 10.1. The van der Waals surface area contributed by atoms with Crippen LogP contribution in [0.5, 0.6) is 0 Å². The van der Waals surface area contributed by atoms with Crippen molar-refractivity contribution in [3.05, 3.63) is 24.2 Å². The van der Waals surface area contributed by atoms with Gasteiger partial charge in [0.25, 0.3) is 0 Å². The second kappa shape index (κ2) is 4.44. The third-order valence-electron chi connectivity index (χ3n) is 1.83. The Balaban J connectivity index is 2.33. The molecule has 3 heteroatoms. The lowest BCUT2D eigenvalue weighted by Crippen LogP contribution is -2.42. The highest BCUT2D eigenvalue weighted by Crippen LogP contribution is 2.05. The van der Waals surface area contributed by atoms with Crippen molar-refractivity contribution in [2.24, 2.45) is 0 Å². The first-order valence-electron chi connectivity index (χ1n) is 4.40. The molecule has 0 aromatic carbocycles. The van der Waals surface area contributed by atoms with E-state index in [0.717, 1.165) is 12.3 Å². The number of rotatable bonds is 5. The Morgan fingerprint density at radius 3 is 2.85 bits per heavy atom. The molecule has 0 aliphatic rings. The van der Waals surface area contributed by atoms with Crippen LogP contribution in [0.15, 0.2) is 22.8 Å². The topological polar surface area (TPSA) is 34.4 Å². The maximum atomic E-state index is 5.20. The second-order valence-corrected chi connectivity index (χ2v) is 3.75. The Bertz CT molecular complexity index is 229. The van der Waals surface area contributed by atoms with Crippen molar-refractivity contribution in [3.63, 3.8) is 0 Å². The van der Waals surface area contributed by atoms with Crippen LogP contribution in [0.4, 0.5) is 0 Å². The van der Waals surface area contributed by atoms with E-state index in [4.69, 9.17) is 9.15 Å². The monoisotopic (exact) mass is 183 g/mol. The molecule has 0 aliphatic carbocycles. The SMILES string of the molecule is COCC(C)(C)NCc1ccco1. The molecule has 3 nitrogen and oxygen atoms in total. The number of furan rings is 1. The Labute approximate surface area is 79.1 Å². The molecular formula is C10H17NO2. The molecular weight excluding hydrogens is 166 g/mol. The molecule has 0 atom stereocenters. The Kier molecular flexibility index (Phi) is 3.51. The molecule has 0 saturated heterocycles. The van der Waals surface area contributed by atoms with Gasteiger partial charge in [-0.15, -0.1) is 0 Å². The fourth-order valence-electron chi connectivity index (χ4n) is 1.15. The van der Waals surface area contributed by atoms with Crippen molar-refractivity contribution < 1.29 is 9.15 Å². The molecule has 0 unspecified atom stereocenters. The zero-order chi connectivity index (χ0) is 9.73. The molecule has 0 fully saturated rings. The predicted molar refractivity (Wildman–Crippen MR) is 51.5 cm³/mol. The van der Waals surface area contributed by atoms with Gasteiger partial charge < -0.3 is 14.5 Å². The summed E-state index contributed by atoms with van der Waals surface area (Å²) in [5.74, 6) is 0.948. The molecule has 0 saturated carbocycles. The highest BCUT2D eigenvalue weighted by molar-refractivity contribution is 4.98. The van der Waals surface area contributed by atoms with E-state index in [1.165, 1.54) is 0 Å². The molecule has 1 N–H and O–H groups in total. The van der Waals surface area contributed by atoms with Crippen LogP contribution in [0.25, 0.3) is 0 Å². The normalized spacial score (nSPS) is 11.9. The molecule has 0 amide bonds.